The van der Waals surface area contributed by atoms with Crippen LogP contribution < -0.4 is 10.6 Å². The maximum Gasteiger partial charge on any atom is 0.408 e. The Labute approximate surface area is 188 Å². The monoisotopic (exact) mass is 441 g/mol. The van der Waals surface area contributed by atoms with E-state index in [1.807, 2.05) is 51.1 Å². The van der Waals surface area contributed by atoms with Gasteiger partial charge in [-0.25, -0.2) is 9.59 Å². The number of methoxy groups -OCH3 is 1. The Morgan fingerprint density at radius 3 is 2.25 bits per heavy atom. The molecule has 8 heteroatoms. The zero-order valence-corrected chi connectivity index (χ0v) is 19.0. The van der Waals surface area contributed by atoms with Gasteiger partial charge in [-0.2, -0.15) is 0 Å². The molecular weight excluding hydrogens is 410 g/mol. The Morgan fingerprint density at radius 1 is 0.969 bits per heavy atom. The van der Waals surface area contributed by atoms with Crippen LogP contribution in [-0.4, -0.2) is 42.1 Å². The van der Waals surface area contributed by atoms with Crippen LogP contribution in [-0.2, 0) is 32.1 Å². The summed E-state index contributed by atoms with van der Waals surface area (Å²) in [5.74, 6) is -1.07. The second kappa shape index (κ2) is 11.8. The Morgan fingerprint density at radius 2 is 1.66 bits per heavy atom. The number of carbonyl (C=O) groups excluding carboxylic acids is 3. The highest BCUT2D eigenvalue weighted by molar-refractivity contribution is 5.89. The van der Waals surface area contributed by atoms with Crippen LogP contribution in [0.25, 0.3) is 0 Å². The minimum absolute atomic E-state index is 0.0856. The van der Waals surface area contributed by atoms with Crippen LogP contribution in [0.2, 0.25) is 0 Å². The van der Waals surface area contributed by atoms with Crippen molar-refractivity contribution in [1.29, 1.82) is 0 Å². The second-order valence-electron chi connectivity index (χ2n) is 8.67. The molecule has 2 unspecified atom stereocenters. The zero-order chi connectivity index (χ0) is 23.6. The van der Waals surface area contributed by atoms with Gasteiger partial charge in [0.1, 0.15) is 18.7 Å². The number of nitrogens with one attached hydrogen (secondary N) is 2. The lowest BCUT2D eigenvalue weighted by Crippen LogP contribution is -2.53. The first-order valence-corrected chi connectivity index (χ1v) is 10.4. The van der Waals surface area contributed by atoms with Crippen LogP contribution in [0.3, 0.4) is 0 Å². The number of alkyl carbamates (subject to hydrolysis) is 1. The largest absolute Gasteiger partial charge is 0.467 e. The number of esters is 1. The summed E-state index contributed by atoms with van der Waals surface area (Å²) >= 11 is 0. The molecule has 2 atom stereocenters. The van der Waals surface area contributed by atoms with Crippen LogP contribution in [0.4, 0.5) is 4.79 Å². The molecule has 0 radical (unpaired) electrons. The molecule has 32 heavy (non-hydrogen) atoms. The van der Waals surface area contributed by atoms with Crippen molar-refractivity contribution in [3.8, 4) is 0 Å². The van der Waals surface area contributed by atoms with Crippen molar-refractivity contribution in [1.82, 2.24) is 15.6 Å². The van der Waals surface area contributed by atoms with E-state index in [-0.39, 0.29) is 18.4 Å². The van der Waals surface area contributed by atoms with Gasteiger partial charge in [-0.05, 0) is 29.0 Å². The number of ether oxygens (including phenoxy) is 2. The van der Waals surface area contributed by atoms with Crippen molar-refractivity contribution in [2.45, 2.75) is 52.3 Å². The molecule has 0 aliphatic carbocycles. The van der Waals surface area contributed by atoms with E-state index in [0.717, 1.165) is 11.1 Å². The summed E-state index contributed by atoms with van der Waals surface area (Å²) in [6, 6.07) is 11.0. The zero-order valence-electron chi connectivity index (χ0n) is 19.0. The number of benzene rings is 1. The molecule has 0 fully saturated rings. The predicted octanol–water partition coefficient (Wildman–Crippen LogP) is 3.01. The standard InChI is InChI=1S/C24H31N3O5/c1-24(2,3)14-20(27-23(30)32-16-17-9-6-5-7-10-17)21(28)26-19(22(29)31-4)13-18-11-8-12-25-15-18/h5-12,15,19-20H,13-14,16H2,1-4H3,(H,26,28)(H,27,30). The van der Waals surface area contributed by atoms with Crippen LogP contribution in [0.15, 0.2) is 54.9 Å². The lowest BCUT2D eigenvalue weighted by Gasteiger charge is -2.27. The summed E-state index contributed by atoms with van der Waals surface area (Å²) < 4.78 is 10.1. The lowest BCUT2D eigenvalue weighted by atomic mass is 9.87. The topological polar surface area (TPSA) is 107 Å². The summed E-state index contributed by atoms with van der Waals surface area (Å²) in [6.07, 6.45) is 3.10. The van der Waals surface area contributed by atoms with Gasteiger partial charge in [0.05, 0.1) is 7.11 Å². The first-order chi connectivity index (χ1) is 15.2. The van der Waals surface area contributed by atoms with E-state index in [9.17, 15) is 14.4 Å². The molecule has 2 N–H and O–H groups in total. The van der Waals surface area contributed by atoms with E-state index in [4.69, 9.17) is 9.47 Å². The highest BCUT2D eigenvalue weighted by Crippen LogP contribution is 2.21. The minimum atomic E-state index is -0.915. The van der Waals surface area contributed by atoms with E-state index in [0.29, 0.717) is 6.42 Å². The molecule has 0 aliphatic rings. The molecule has 1 heterocycles. The maximum absolute atomic E-state index is 13.0. The van der Waals surface area contributed by atoms with Gasteiger partial charge in [-0.1, -0.05) is 57.2 Å². The molecule has 2 aromatic rings. The molecule has 0 saturated carbocycles. The normalized spacial score (nSPS) is 12.9. The fraction of sp³-hybridized carbons (Fsp3) is 0.417. The molecule has 1 aromatic carbocycles. The van der Waals surface area contributed by atoms with Gasteiger partial charge in [0, 0.05) is 18.8 Å². The van der Waals surface area contributed by atoms with Gasteiger partial charge in [-0.3, -0.25) is 9.78 Å². The van der Waals surface area contributed by atoms with Gasteiger partial charge in [0.2, 0.25) is 5.91 Å². The van der Waals surface area contributed by atoms with Gasteiger partial charge >= 0.3 is 12.1 Å². The molecule has 2 rings (SSSR count). The van der Waals surface area contributed by atoms with Crippen molar-refractivity contribution in [3.63, 3.8) is 0 Å². The van der Waals surface area contributed by atoms with Crippen LogP contribution in [0.1, 0.15) is 38.3 Å². The molecule has 172 valence electrons. The fourth-order valence-electron chi connectivity index (χ4n) is 3.09. The summed E-state index contributed by atoms with van der Waals surface area (Å²) in [7, 11) is 1.26. The molecule has 0 aliphatic heterocycles. The van der Waals surface area contributed by atoms with E-state index >= 15 is 0 Å². The average Bonchev–Trinajstić information content (AvgIpc) is 2.76. The third kappa shape index (κ3) is 8.75. The third-order valence-electron chi connectivity index (χ3n) is 4.60. The number of hydrogen-bond acceptors (Lipinski definition) is 6. The van der Waals surface area contributed by atoms with Crippen molar-refractivity contribution >= 4 is 18.0 Å². The number of carbonyl (C=O) groups is 3. The molecule has 0 bridgehead atoms. The Balaban J connectivity index is 2.06. The molecule has 0 saturated heterocycles. The molecule has 2 amide bonds. The molecule has 8 nitrogen and oxygen atoms in total. The smallest absolute Gasteiger partial charge is 0.408 e. The Hall–Kier alpha value is -3.42. The third-order valence-corrected chi connectivity index (χ3v) is 4.60. The van der Waals surface area contributed by atoms with Crippen molar-refractivity contribution in [3.05, 3.63) is 66.0 Å². The van der Waals surface area contributed by atoms with Crippen LogP contribution >= 0.6 is 0 Å². The number of nitrogens with zero attached hydrogens (tertiary/aromatic N) is 1. The number of aromatic nitrogens is 1. The highest BCUT2D eigenvalue weighted by Gasteiger charge is 2.31. The summed E-state index contributed by atoms with van der Waals surface area (Å²) in [5.41, 5.74) is 1.34. The molecule has 0 spiro atoms. The van der Waals surface area contributed by atoms with E-state index < -0.39 is 30.1 Å². The summed E-state index contributed by atoms with van der Waals surface area (Å²) in [4.78, 5) is 41.7. The quantitative estimate of drug-likeness (QED) is 0.580. The van der Waals surface area contributed by atoms with Crippen molar-refractivity contribution < 1.29 is 23.9 Å². The average molecular weight is 442 g/mol. The van der Waals surface area contributed by atoms with Crippen molar-refractivity contribution in [2.24, 2.45) is 5.41 Å². The Kier molecular flexibility index (Phi) is 9.19. The van der Waals surface area contributed by atoms with E-state index in [1.54, 1.807) is 24.5 Å². The summed E-state index contributed by atoms with van der Waals surface area (Å²) in [6.45, 7) is 5.95. The van der Waals surface area contributed by atoms with Crippen LogP contribution in [0.5, 0.6) is 0 Å². The van der Waals surface area contributed by atoms with Crippen LogP contribution in [0, 0.1) is 5.41 Å². The summed E-state index contributed by atoms with van der Waals surface area (Å²) in [5, 5.41) is 5.34. The van der Waals surface area contributed by atoms with Gasteiger partial charge in [0.25, 0.3) is 0 Å². The van der Waals surface area contributed by atoms with E-state index in [1.165, 1.54) is 7.11 Å². The molecule has 1 aromatic heterocycles. The van der Waals surface area contributed by atoms with Gasteiger partial charge in [-0.15, -0.1) is 0 Å². The Bertz CT molecular complexity index is 882. The van der Waals surface area contributed by atoms with Gasteiger partial charge < -0.3 is 20.1 Å². The fourth-order valence-corrected chi connectivity index (χ4v) is 3.09. The molecular formula is C24H31N3O5. The predicted molar refractivity (Wildman–Crippen MR) is 120 cm³/mol. The highest BCUT2D eigenvalue weighted by atomic mass is 16.5. The van der Waals surface area contributed by atoms with E-state index in [2.05, 4.69) is 15.6 Å². The maximum atomic E-state index is 13.0. The number of pyridine rings is 1. The SMILES string of the molecule is COC(=O)C(Cc1cccnc1)NC(=O)C(CC(C)(C)C)NC(=O)OCc1ccccc1. The number of amides is 2. The second-order valence-corrected chi connectivity index (χ2v) is 8.67. The lowest BCUT2D eigenvalue weighted by molar-refractivity contribution is -0.145. The first kappa shape index (κ1) is 24.8. The minimum Gasteiger partial charge on any atom is -0.467 e. The first-order valence-electron chi connectivity index (χ1n) is 10.4. The number of hydrogen-bond donors (Lipinski definition) is 2. The van der Waals surface area contributed by atoms with Gasteiger partial charge in [0.15, 0.2) is 0 Å². The number of rotatable bonds is 9. The van der Waals surface area contributed by atoms with Crippen molar-refractivity contribution in [2.75, 3.05) is 7.11 Å².